The summed E-state index contributed by atoms with van der Waals surface area (Å²) < 4.78 is 11.6. The van der Waals surface area contributed by atoms with Crippen molar-refractivity contribution in [1.82, 2.24) is 0 Å². The normalized spacial score (nSPS) is 11.0. The molecule has 0 saturated heterocycles. The van der Waals surface area contributed by atoms with E-state index in [0.717, 1.165) is 33.3 Å². The van der Waals surface area contributed by atoms with Gasteiger partial charge in [-0.15, -0.1) is 0 Å². The Balaban J connectivity index is 1.61. The van der Waals surface area contributed by atoms with Gasteiger partial charge in [-0.05, 0) is 65.7 Å². The minimum atomic E-state index is -0.413. The molecule has 0 aliphatic heterocycles. The summed E-state index contributed by atoms with van der Waals surface area (Å²) in [5, 5.41) is 13.0. The molecule has 160 valence electrons. The third-order valence-electron chi connectivity index (χ3n) is 4.96. The van der Waals surface area contributed by atoms with E-state index in [1.165, 1.54) is 12.1 Å². The second kappa shape index (κ2) is 9.75. The van der Waals surface area contributed by atoms with E-state index < -0.39 is 4.92 Å². The van der Waals surface area contributed by atoms with Crippen LogP contribution in [0.25, 0.3) is 10.8 Å². The van der Waals surface area contributed by atoms with Crippen molar-refractivity contribution in [2.24, 2.45) is 4.99 Å². The van der Waals surface area contributed by atoms with Crippen LogP contribution in [0.5, 0.6) is 11.5 Å². The lowest BCUT2D eigenvalue weighted by Crippen LogP contribution is -1.99. The molecule has 4 aromatic rings. The lowest BCUT2D eigenvalue weighted by Gasteiger charge is -2.12. The van der Waals surface area contributed by atoms with Gasteiger partial charge in [0.15, 0.2) is 0 Å². The first-order valence-electron chi connectivity index (χ1n) is 10.3. The zero-order chi connectivity index (χ0) is 22.3. The predicted octanol–water partition coefficient (Wildman–Crippen LogP) is 6.48. The molecule has 0 unspecified atom stereocenters. The Morgan fingerprint density at radius 2 is 1.66 bits per heavy atom. The Hall–Kier alpha value is -4.19. The summed E-state index contributed by atoms with van der Waals surface area (Å²) >= 11 is 0. The van der Waals surface area contributed by atoms with Gasteiger partial charge in [0.05, 0.1) is 17.2 Å². The van der Waals surface area contributed by atoms with E-state index in [-0.39, 0.29) is 5.69 Å². The molecule has 0 atom stereocenters. The van der Waals surface area contributed by atoms with Gasteiger partial charge < -0.3 is 9.47 Å². The molecule has 4 aromatic carbocycles. The maximum atomic E-state index is 10.9. The molecule has 0 heterocycles. The number of nitro groups is 1. The summed E-state index contributed by atoms with van der Waals surface area (Å²) in [6.07, 6.45) is 1.81. The maximum Gasteiger partial charge on any atom is 0.269 e. The summed E-state index contributed by atoms with van der Waals surface area (Å²) in [5.41, 5.74) is 2.59. The fourth-order valence-corrected chi connectivity index (χ4v) is 3.34. The number of nitrogens with zero attached hydrogens (tertiary/aromatic N) is 2. The van der Waals surface area contributed by atoms with Crippen LogP contribution in [0, 0.1) is 10.1 Å². The molecule has 6 heteroatoms. The SMILES string of the molecule is CCOc1ccc(N=Cc2c(OCc3ccc([N+](=O)[O-])cc3)ccc3ccccc23)cc1. The van der Waals surface area contributed by atoms with E-state index >= 15 is 0 Å². The van der Waals surface area contributed by atoms with Crippen LogP contribution in [0.2, 0.25) is 0 Å². The molecular weight excluding hydrogens is 404 g/mol. The Morgan fingerprint density at radius 1 is 0.906 bits per heavy atom. The van der Waals surface area contributed by atoms with Crippen LogP contribution in [0.15, 0.2) is 89.9 Å². The standard InChI is InChI=1S/C26H22N2O4/c1-2-31-23-14-10-21(11-15-23)27-17-25-24-6-4-3-5-20(24)9-16-26(25)32-18-19-7-12-22(13-8-19)28(29)30/h3-17H,2,18H2,1H3. The van der Waals surface area contributed by atoms with Crippen molar-refractivity contribution < 1.29 is 14.4 Å². The van der Waals surface area contributed by atoms with Crippen molar-refractivity contribution in [2.45, 2.75) is 13.5 Å². The van der Waals surface area contributed by atoms with Crippen molar-refractivity contribution in [2.75, 3.05) is 6.61 Å². The highest BCUT2D eigenvalue weighted by Crippen LogP contribution is 2.28. The zero-order valence-corrected chi connectivity index (χ0v) is 17.6. The van der Waals surface area contributed by atoms with Crippen LogP contribution in [0.4, 0.5) is 11.4 Å². The lowest BCUT2D eigenvalue weighted by molar-refractivity contribution is -0.384. The van der Waals surface area contributed by atoms with Crippen molar-refractivity contribution >= 4 is 28.4 Å². The highest BCUT2D eigenvalue weighted by Gasteiger charge is 2.09. The highest BCUT2D eigenvalue weighted by atomic mass is 16.6. The topological polar surface area (TPSA) is 74.0 Å². The number of nitro benzene ring substituents is 1. The van der Waals surface area contributed by atoms with E-state index in [4.69, 9.17) is 9.47 Å². The van der Waals surface area contributed by atoms with E-state index in [2.05, 4.69) is 4.99 Å². The molecule has 4 rings (SSSR count). The van der Waals surface area contributed by atoms with Crippen molar-refractivity contribution in [3.63, 3.8) is 0 Å². The smallest absolute Gasteiger partial charge is 0.269 e. The number of hydrogen-bond acceptors (Lipinski definition) is 5. The third-order valence-corrected chi connectivity index (χ3v) is 4.96. The fraction of sp³-hybridized carbons (Fsp3) is 0.115. The minimum Gasteiger partial charge on any atom is -0.494 e. The molecule has 0 aromatic heterocycles. The molecule has 0 N–H and O–H groups in total. The Bertz CT molecular complexity index is 1250. The molecule has 0 amide bonds. The van der Waals surface area contributed by atoms with E-state index in [1.54, 1.807) is 12.1 Å². The maximum absolute atomic E-state index is 10.9. The van der Waals surface area contributed by atoms with Crippen molar-refractivity contribution in [3.05, 3.63) is 106 Å². The summed E-state index contributed by atoms with van der Waals surface area (Å²) in [6, 6.07) is 26.0. The molecular formula is C26H22N2O4. The molecule has 0 aliphatic carbocycles. The van der Waals surface area contributed by atoms with Gasteiger partial charge in [0.2, 0.25) is 0 Å². The second-order valence-corrected chi connectivity index (χ2v) is 7.10. The molecule has 0 radical (unpaired) electrons. The number of benzene rings is 4. The summed E-state index contributed by atoms with van der Waals surface area (Å²) in [5.74, 6) is 1.50. The molecule has 0 saturated carbocycles. The van der Waals surface area contributed by atoms with Crippen LogP contribution in [-0.4, -0.2) is 17.7 Å². The van der Waals surface area contributed by atoms with Crippen LogP contribution in [-0.2, 0) is 6.61 Å². The van der Waals surface area contributed by atoms with Crippen LogP contribution in [0.3, 0.4) is 0 Å². The average Bonchev–Trinajstić information content (AvgIpc) is 2.83. The Labute approximate surface area is 185 Å². The summed E-state index contributed by atoms with van der Waals surface area (Å²) in [4.78, 5) is 15.1. The van der Waals surface area contributed by atoms with E-state index in [9.17, 15) is 10.1 Å². The molecule has 0 fully saturated rings. The Kier molecular flexibility index (Phi) is 6.41. The number of rotatable bonds is 8. The number of ether oxygens (including phenoxy) is 2. The van der Waals surface area contributed by atoms with Crippen LogP contribution >= 0.6 is 0 Å². The monoisotopic (exact) mass is 426 g/mol. The number of fused-ring (bicyclic) bond motifs is 1. The first-order chi connectivity index (χ1) is 15.6. The molecule has 6 nitrogen and oxygen atoms in total. The van der Waals surface area contributed by atoms with E-state index in [0.29, 0.717) is 19.0 Å². The van der Waals surface area contributed by atoms with Gasteiger partial charge in [-0.1, -0.05) is 30.3 Å². The van der Waals surface area contributed by atoms with Gasteiger partial charge in [-0.25, -0.2) is 0 Å². The van der Waals surface area contributed by atoms with Gasteiger partial charge >= 0.3 is 0 Å². The second-order valence-electron chi connectivity index (χ2n) is 7.10. The van der Waals surface area contributed by atoms with Crippen molar-refractivity contribution in [3.8, 4) is 11.5 Å². The van der Waals surface area contributed by atoms with Gasteiger partial charge in [-0.3, -0.25) is 15.1 Å². The quantitative estimate of drug-likeness (QED) is 0.184. The average molecular weight is 426 g/mol. The van der Waals surface area contributed by atoms with Crippen LogP contribution < -0.4 is 9.47 Å². The fourth-order valence-electron chi connectivity index (χ4n) is 3.34. The van der Waals surface area contributed by atoms with Gasteiger partial charge in [0, 0.05) is 23.9 Å². The molecule has 0 aliphatic rings. The lowest BCUT2D eigenvalue weighted by atomic mass is 10.0. The van der Waals surface area contributed by atoms with Gasteiger partial charge in [-0.2, -0.15) is 0 Å². The highest BCUT2D eigenvalue weighted by molar-refractivity contribution is 6.03. The molecule has 32 heavy (non-hydrogen) atoms. The molecule has 0 bridgehead atoms. The van der Waals surface area contributed by atoms with Gasteiger partial charge in [0.25, 0.3) is 5.69 Å². The predicted molar refractivity (Wildman–Crippen MR) is 126 cm³/mol. The number of non-ortho nitro benzene ring substituents is 1. The zero-order valence-electron chi connectivity index (χ0n) is 17.6. The first kappa shape index (κ1) is 21.1. The Morgan fingerprint density at radius 3 is 2.38 bits per heavy atom. The minimum absolute atomic E-state index is 0.0580. The molecule has 0 spiro atoms. The van der Waals surface area contributed by atoms with E-state index in [1.807, 2.05) is 73.8 Å². The summed E-state index contributed by atoms with van der Waals surface area (Å²) in [7, 11) is 0. The van der Waals surface area contributed by atoms with Gasteiger partial charge in [0.1, 0.15) is 18.1 Å². The number of aliphatic imine (C=N–C) groups is 1. The van der Waals surface area contributed by atoms with Crippen LogP contribution in [0.1, 0.15) is 18.1 Å². The largest absolute Gasteiger partial charge is 0.494 e. The number of hydrogen-bond donors (Lipinski definition) is 0. The summed E-state index contributed by atoms with van der Waals surface area (Å²) in [6.45, 7) is 2.86. The first-order valence-corrected chi connectivity index (χ1v) is 10.3. The van der Waals surface area contributed by atoms with Crippen molar-refractivity contribution in [1.29, 1.82) is 0 Å². The third kappa shape index (κ3) is 4.92.